The van der Waals surface area contributed by atoms with E-state index < -0.39 is 0 Å². The molecule has 110 valence electrons. The highest BCUT2D eigenvalue weighted by atomic mass is 19.1. The summed E-state index contributed by atoms with van der Waals surface area (Å²) in [6, 6.07) is 5.68. The van der Waals surface area contributed by atoms with Gasteiger partial charge in [0.05, 0.1) is 0 Å². The number of piperidine rings is 1. The molecule has 1 saturated heterocycles. The Morgan fingerprint density at radius 1 is 1.40 bits per heavy atom. The Hall–Kier alpha value is -1.62. The van der Waals surface area contributed by atoms with Crippen LogP contribution in [0.15, 0.2) is 23.4 Å². The molecule has 1 aromatic carbocycles. The summed E-state index contributed by atoms with van der Waals surface area (Å²) in [4.78, 5) is 2.34. The second-order valence-corrected chi connectivity index (χ2v) is 5.59. The zero-order chi connectivity index (χ0) is 14.7. The second kappa shape index (κ2) is 6.22. The molecule has 20 heavy (non-hydrogen) atoms. The molecule has 1 heterocycles. The van der Waals surface area contributed by atoms with Crippen LogP contribution in [0.5, 0.6) is 0 Å². The largest absolute Gasteiger partial charge is 0.409 e. The van der Waals surface area contributed by atoms with Crippen molar-refractivity contribution >= 4 is 5.84 Å². The van der Waals surface area contributed by atoms with Crippen molar-refractivity contribution in [2.24, 2.45) is 10.9 Å². The first-order chi connectivity index (χ1) is 9.52. The minimum Gasteiger partial charge on any atom is -0.409 e. The molecule has 1 aliphatic rings. The molecule has 0 bridgehead atoms. The first-order valence-electron chi connectivity index (χ1n) is 7.05. The van der Waals surface area contributed by atoms with Crippen LogP contribution in [0, 0.1) is 5.82 Å². The molecule has 2 unspecified atom stereocenters. The first-order valence-corrected chi connectivity index (χ1v) is 7.05. The van der Waals surface area contributed by atoms with E-state index in [1.165, 1.54) is 12.5 Å². The fraction of sp³-hybridized carbons (Fsp3) is 0.533. The summed E-state index contributed by atoms with van der Waals surface area (Å²) < 4.78 is 14.1. The molecule has 0 amide bonds. The van der Waals surface area contributed by atoms with Gasteiger partial charge in [-0.1, -0.05) is 23.7 Å². The molecule has 5 heteroatoms. The van der Waals surface area contributed by atoms with Crippen LogP contribution < -0.4 is 5.73 Å². The lowest BCUT2D eigenvalue weighted by molar-refractivity contribution is 0.0940. The van der Waals surface area contributed by atoms with Gasteiger partial charge in [-0.15, -0.1) is 0 Å². The standard InChI is InChI=1S/C15H22FN3O/c1-10-4-3-5-11(2)19(10)9-13-7-6-12(8-14(13)16)15(17)18-20/h6-8,10-11,20H,3-5,9H2,1-2H3,(H2,17,18). The number of nitrogens with zero attached hydrogens (tertiary/aromatic N) is 2. The molecule has 2 atom stereocenters. The van der Waals surface area contributed by atoms with Crippen molar-refractivity contribution in [3.63, 3.8) is 0 Å². The van der Waals surface area contributed by atoms with Crippen LogP contribution in [0.1, 0.15) is 44.2 Å². The second-order valence-electron chi connectivity index (χ2n) is 5.59. The number of rotatable bonds is 3. The number of halogens is 1. The van der Waals surface area contributed by atoms with Crippen molar-refractivity contribution < 1.29 is 9.60 Å². The molecule has 1 fully saturated rings. The smallest absolute Gasteiger partial charge is 0.170 e. The minimum atomic E-state index is -0.306. The zero-order valence-corrected chi connectivity index (χ0v) is 12.0. The lowest BCUT2D eigenvalue weighted by Crippen LogP contribution is -2.43. The maximum absolute atomic E-state index is 14.1. The summed E-state index contributed by atoms with van der Waals surface area (Å²) in [7, 11) is 0. The molecule has 0 aliphatic carbocycles. The van der Waals surface area contributed by atoms with Crippen molar-refractivity contribution in [3.05, 3.63) is 35.1 Å². The molecule has 0 saturated carbocycles. The SMILES string of the molecule is CC1CCCC(C)N1Cc1ccc(/C(N)=N/O)cc1F. The Morgan fingerprint density at radius 3 is 2.60 bits per heavy atom. The number of amidine groups is 1. The van der Waals surface area contributed by atoms with E-state index in [1.54, 1.807) is 12.1 Å². The van der Waals surface area contributed by atoms with Crippen molar-refractivity contribution in [2.45, 2.75) is 51.7 Å². The Bertz CT molecular complexity index is 494. The van der Waals surface area contributed by atoms with E-state index in [0.717, 1.165) is 12.8 Å². The third-order valence-corrected chi connectivity index (χ3v) is 4.19. The van der Waals surface area contributed by atoms with Crippen LogP contribution in [-0.4, -0.2) is 28.0 Å². The quantitative estimate of drug-likeness (QED) is 0.387. The predicted molar refractivity (Wildman–Crippen MR) is 77.2 cm³/mol. The van der Waals surface area contributed by atoms with Crippen molar-refractivity contribution in [1.29, 1.82) is 0 Å². The molecule has 3 N–H and O–H groups in total. The number of hydrogen-bond acceptors (Lipinski definition) is 3. The van der Waals surface area contributed by atoms with E-state index in [-0.39, 0.29) is 11.7 Å². The van der Waals surface area contributed by atoms with Gasteiger partial charge in [0.1, 0.15) is 5.82 Å². The number of nitrogens with two attached hydrogens (primary N) is 1. The monoisotopic (exact) mass is 279 g/mol. The van der Waals surface area contributed by atoms with E-state index in [9.17, 15) is 4.39 Å². The number of benzene rings is 1. The van der Waals surface area contributed by atoms with Gasteiger partial charge >= 0.3 is 0 Å². The van der Waals surface area contributed by atoms with E-state index in [0.29, 0.717) is 29.8 Å². The molecule has 0 spiro atoms. The summed E-state index contributed by atoms with van der Waals surface area (Å²) >= 11 is 0. The topological polar surface area (TPSA) is 61.8 Å². The van der Waals surface area contributed by atoms with Gasteiger partial charge in [0, 0.05) is 29.8 Å². The van der Waals surface area contributed by atoms with Crippen LogP contribution >= 0.6 is 0 Å². The Kier molecular flexibility index (Phi) is 4.60. The molecular formula is C15H22FN3O. The molecule has 0 radical (unpaired) electrons. The Morgan fingerprint density at radius 2 is 2.05 bits per heavy atom. The van der Waals surface area contributed by atoms with E-state index in [1.807, 2.05) is 0 Å². The van der Waals surface area contributed by atoms with Gasteiger partial charge in [0.2, 0.25) is 0 Å². The molecule has 2 rings (SSSR count). The van der Waals surface area contributed by atoms with Gasteiger partial charge in [0.15, 0.2) is 5.84 Å². The van der Waals surface area contributed by atoms with Gasteiger partial charge in [0.25, 0.3) is 0 Å². The van der Waals surface area contributed by atoms with E-state index in [2.05, 4.69) is 23.9 Å². The number of hydrogen-bond donors (Lipinski definition) is 2. The maximum Gasteiger partial charge on any atom is 0.170 e. The summed E-state index contributed by atoms with van der Waals surface area (Å²) in [6.45, 7) is 4.99. The average molecular weight is 279 g/mol. The molecule has 0 aromatic heterocycles. The average Bonchev–Trinajstić information content (AvgIpc) is 2.43. The number of likely N-dealkylation sites (tertiary alicyclic amines) is 1. The van der Waals surface area contributed by atoms with Gasteiger partial charge < -0.3 is 10.9 Å². The first kappa shape index (κ1) is 14.8. The minimum absolute atomic E-state index is 0.0739. The van der Waals surface area contributed by atoms with Gasteiger partial charge in [-0.05, 0) is 32.8 Å². The highest BCUT2D eigenvalue weighted by Crippen LogP contribution is 2.25. The van der Waals surface area contributed by atoms with Gasteiger partial charge in [-0.3, -0.25) is 4.90 Å². The van der Waals surface area contributed by atoms with Gasteiger partial charge in [-0.2, -0.15) is 0 Å². The lowest BCUT2D eigenvalue weighted by atomic mass is 9.96. The highest BCUT2D eigenvalue weighted by Gasteiger charge is 2.25. The Balaban J connectivity index is 2.17. The highest BCUT2D eigenvalue weighted by molar-refractivity contribution is 5.97. The predicted octanol–water partition coefficient (Wildman–Crippen LogP) is 2.68. The van der Waals surface area contributed by atoms with E-state index >= 15 is 0 Å². The molecule has 1 aliphatic heterocycles. The maximum atomic E-state index is 14.1. The third-order valence-electron chi connectivity index (χ3n) is 4.19. The van der Waals surface area contributed by atoms with Gasteiger partial charge in [-0.25, -0.2) is 4.39 Å². The van der Waals surface area contributed by atoms with Crippen LogP contribution in [0.3, 0.4) is 0 Å². The van der Waals surface area contributed by atoms with Crippen LogP contribution in [0.2, 0.25) is 0 Å². The zero-order valence-electron chi connectivity index (χ0n) is 12.0. The van der Waals surface area contributed by atoms with Crippen molar-refractivity contribution in [1.82, 2.24) is 4.90 Å². The summed E-state index contributed by atoms with van der Waals surface area (Å²) in [5.74, 6) is -0.380. The molecule has 4 nitrogen and oxygen atoms in total. The van der Waals surface area contributed by atoms with Crippen LogP contribution in [-0.2, 0) is 6.54 Å². The summed E-state index contributed by atoms with van der Waals surface area (Å²) in [5, 5.41) is 11.5. The third kappa shape index (κ3) is 3.10. The normalized spacial score (nSPS) is 24.9. The fourth-order valence-corrected chi connectivity index (χ4v) is 2.88. The Labute approximate surface area is 119 Å². The van der Waals surface area contributed by atoms with Crippen LogP contribution in [0.25, 0.3) is 0 Å². The van der Waals surface area contributed by atoms with Crippen LogP contribution in [0.4, 0.5) is 4.39 Å². The lowest BCUT2D eigenvalue weighted by Gasteiger charge is -2.39. The number of oxime groups is 1. The molecule has 1 aromatic rings. The summed E-state index contributed by atoms with van der Waals surface area (Å²) in [5.41, 5.74) is 6.51. The van der Waals surface area contributed by atoms with E-state index in [4.69, 9.17) is 10.9 Å². The fourth-order valence-electron chi connectivity index (χ4n) is 2.88. The summed E-state index contributed by atoms with van der Waals surface area (Å²) in [6.07, 6.45) is 3.56. The van der Waals surface area contributed by atoms with Crippen molar-refractivity contribution in [3.8, 4) is 0 Å². The van der Waals surface area contributed by atoms with Crippen molar-refractivity contribution in [2.75, 3.05) is 0 Å². The molecular weight excluding hydrogens is 257 g/mol.